The molecule has 0 bridgehead atoms. The van der Waals surface area contributed by atoms with Crippen molar-refractivity contribution in [2.75, 3.05) is 21.1 Å². The van der Waals surface area contributed by atoms with E-state index in [2.05, 4.69) is 82.7 Å². The maximum atomic E-state index is 11.8. The number of hydrogen-bond donors (Lipinski definition) is 1. The molecule has 0 heterocycles. The predicted molar refractivity (Wildman–Crippen MR) is 99.7 cm³/mol. The lowest BCUT2D eigenvalue weighted by Crippen LogP contribution is -2.51. The third-order valence-electron chi connectivity index (χ3n) is 5.72. The highest BCUT2D eigenvalue weighted by Crippen LogP contribution is 2.50. The monoisotopic (exact) mass is 324 g/mol. The van der Waals surface area contributed by atoms with Gasteiger partial charge in [-0.05, 0) is 30.4 Å². The second-order valence-electron chi connectivity index (χ2n) is 8.05. The molecule has 3 rings (SSSR count). The lowest BCUT2D eigenvalue weighted by molar-refractivity contribution is -0.908. The van der Waals surface area contributed by atoms with E-state index in [1.54, 1.807) is 0 Å². The highest BCUT2D eigenvalue weighted by Gasteiger charge is 2.49. The summed E-state index contributed by atoms with van der Waals surface area (Å²) < 4.78 is 0.819. The van der Waals surface area contributed by atoms with Gasteiger partial charge in [0.2, 0.25) is 0 Å². The van der Waals surface area contributed by atoms with Crippen molar-refractivity contribution in [2.24, 2.45) is 5.92 Å². The normalized spacial score (nSPS) is 25.1. The average molecular weight is 324 g/mol. The fourth-order valence-corrected chi connectivity index (χ4v) is 4.65. The van der Waals surface area contributed by atoms with Crippen LogP contribution in [-0.2, 0) is 12.0 Å². The van der Waals surface area contributed by atoms with Gasteiger partial charge in [0.25, 0.3) is 0 Å². The summed E-state index contributed by atoms with van der Waals surface area (Å²) in [5.74, 6) is 0.208. The molecule has 1 N–H and O–H groups in total. The molecule has 0 amide bonds. The number of hydrogen-bond acceptors (Lipinski definition) is 1. The Morgan fingerprint density at radius 3 is 2.29 bits per heavy atom. The molecule has 1 aliphatic rings. The number of aliphatic hydroxyl groups is 1. The standard InChI is InChI=1S/C22H30NO/c1-5-22(24)19-14-10-9-11-17(19)15-16-20(22)21(23(2,3)4)18-12-7-6-8-13-18/h6-14,20-21,24H,5,15-16H2,1-4H3/q+1/t20-,21-,22?/m1/s1. The molecule has 0 spiro atoms. The van der Waals surface area contributed by atoms with Gasteiger partial charge in [0.15, 0.2) is 0 Å². The Labute approximate surface area is 146 Å². The van der Waals surface area contributed by atoms with Crippen LogP contribution in [0.3, 0.4) is 0 Å². The van der Waals surface area contributed by atoms with Crippen LogP contribution in [0.25, 0.3) is 0 Å². The van der Waals surface area contributed by atoms with E-state index in [0.717, 1.165) is 29.3 Å². The minimum Gasteiger partial charge on any atom is -0.385 e. The van der Waals surface area contributed by atoms with Crippen LogP contribution in [0.5, 0.6) is 0 Å². The first-order chi connectivity index (χ1) is 11.4. The smallest absolute Gasteiger partial charge is 0.120 e. The molecule has 0 saturated heterocycles. The van der Waals surface area contributed by atoms with Crippen molar-refractivity contribution in [1.29, 1.82) is 0 Å². The minimum atomic E-state index is -0.763. The summed E-state index contributed by atoms with van der Waals surface area (Å²) in [6, 6.07) is 19.4. The van der Waals surface area contributed by atoms with Gasteiger partial charge in [0, 0.05) is 11.5 Å². The topological polar surface area (TPSA) is 20.2 Å². The molecule has 1 aliphatic carbocycles. The number of aryl methyl sites for hydroxylation is 1. The number of rotatable bonds is 4. The van der Waals surface area contributed by atoms with E-state index in [1.807, 2.05) is 0 Å². The summed E-state index contributed by atoms with van der Waals surface area (Å²) in [6.45, 7) is 2.12. The van der Waals surface area contributed by atoms with E-state index in [4.69, 9.17) is 0 Å². The Kier molecular flexibility index (Phi) is 4.54. The lowest BCUT2D eigenvalue weighted by Gasteiger charge is -2.49. The maximum absolute atomic E-state index is 11.8. The van der Waals surface area contributed by atoms with Crippen molar-refractivity contribution in [2.45, 2.75) is 37.8 Å². The first-order valence-corrected chi connectivity index (χ1v) is 9.04. The third-order valence-corrected chi connectivity index (χ3v) is 5.72. The van der Waals surface area contributed by atoms with Gasteiger partial charge >= 0.3 is 0 Å². The highest BCUT2D eigenvalue weighted by molar-refractivity contribution is 5.37. The average Bonchev–Trinajstić information content (AvgIpc) is 2.57. The molecule has 3 atom stereocenters. The summed E-state index contributed by atoms with van der Waals surface area (Å²) in [7, 11) is 6.73. The number of nitrogens with zero attached hydrogens (tertiary/aromatic N) is 1. The predicted octanol–water partition coefficient (Wildman–Crippen LogP) is 4.29. The molecule has 0 fully saturated rings. The van der Waals surface area contributed by atoms with E-state index in [9.17, 15) is 5.11 Å². The molecule has 2 aromatic carbocycles. The fourth-order valence-electron chi connectivity index (χ4n) is 4.65. The van der Waals surface area contributed by atoms with Gasteiger partial charge in [0.05, 0.1) is 26.7 Å². The fraction of sp³-hybridized carbons (Fsp3) is 0.455. The molecule has 0 saturated carbocycles. The van der Waals surface area contributed by atoms with E-state index in [1.165, 1.54) is 11.1 Å². The Balaban J connectivity index is 2.12. The first kappa shape index (κ1) is 17.2. The van der Waals surface area contributed by atoms with Gasteiger partial charge in [-0.25, -0.2) is 0 Å². The maximum Gasteiger partial charge on any atom is 0.120 e. The molecule has 24 heavy (non-hydrogen) atoms. The van der Waals surface area contributed by atoms with Gasteiger partial charge in [-0.1, -0.05) is 61.5 Å². The van der Waals surface area contributed by atoms with Crippen LogP contribution in [-0.4, -0.2) is 30.7 Å². The summed E-state index contributed by atoms with van der Waals surface area (Å²) >= 11 is 0. The van der Waals surface area contributed by atoms with Crippen molar-refractivity contribution < 1.29 is 9.59 Å². The molecule has 0 aromatic heterocycles. The lowest BCUT2D eigenvalue weighted by atomic mass is 9.65. The van der Waals surface area contributed by atoms with E-state index >= 15 is 0 Å². The van der Waals surface area contributed by atoms with Crippen molar-refractivity contribution in [1.82, 2.24) is 0 Å². The zero-order valence-corrected chi connectivity index (χ0v) is 15.4. The minimum absolute atomic E-state index is 0.208. The second-order valence-corrected chi connectivity index (χ2v) is 8.05. The van der Waals surface area contributed by atoms with Gasteiger partial charge in [-0.3, -0.25) is 0 Å². The Bertz CT molecular complexity index is 689. The Hall–Kier alpha value is -1.64. The molecular weight excluding hydrogens is 294 g/mol. The van der Waals surface area contributed by atoms with Crippen LogP contribution in [0.2, 0.25) is 0 Å². The van der Waals surface area contributed by atoms with Crippen LogP contribution in [0, 0.1) is 5.92 Å². The highest BCUT2D eigenvalue weighted by atomic mass is 16.3. The number of benzene rings is 2. The molecule has 2 nitrogen and oxygen atoms in total. The molecule has 128 valence electrons. The molecular formula is C22H30NO+. The van der Waals surface area contributed by atoms with E-state index < -0.39 is 5.60 Å². The van der Waals surface area contributed by atoms with Crippen molar-refractivity contribution in [3.05, 3.63) is 71.3 Å². The zero-order valence-electron chi connectivity index (χ0n) is 15.4. The van der Waals surface area contributed by atoms with Gasteiger partial charge in [0.1, 0.15) is 6.04 Å². The third kappa shape index (κ3) is 2.89. The van der Waals surface area contributed by atoms with Crippen molar-refractivity contribution in [3.63, 3.8) is 0 Å². The van der Waals surface area contributed by atoms with Crippen molar-refractivity contribution >= 4 is 0 Å². The van der Waals surface area contributed by atoms with Crippen LogP contribution in [0.4, 0.5) is 0 Å². The van der Waals surface area contributed by atoms with Crippen LogP contribution in [0.15, 0.2) is 54.6 Å². The summed E-state index contributed by atoms with van der Waals surface area (Å²) in [5, 5.41) is 11.8. The SMILES string of the molecule is CCC1(O)c2ccccc2CC[C@@H]1[C@@H](c1ccccc1)[N+](C)(C)C. The Morgan fingerprint density at radius 1 is 1.04 bits per heavy atom. The van der Waals surface area contributed by atoms with Crippen LogP contribution in [0.1, 0.15) is 42.5 Å². The molecule has 1 unspecified atom stereocenters. The van der Waals surface area contributed by atoms with E-state index in [0.29, 0.717) is 0 Å². The first-order valence-electron chi connectivity index (χ1n) is 9.04. The quantitative estimate of drug-likeness (QED) is 0.832. The van der Waals surface area contributed by atoms with Crippen molar-refractivity contribution in [3.8, 4) is 0 Å². The van der Waals surface area contributed by atoms with Crippen LogP contribution < -0.4 is 0 Å². The summed E-state index contributed by atoms with van der Waals surface area (Å²) in [4.78, 5) is 0. The van der Waals surface area contributed by atoms with Gasteiger partial charge in [-0.2, -0.15) is 0 Å². The van der Waals surface area contributed by atoms with Gasteiger partial charge in [-0.15, -0.1) is 0 Å². The molecule has 0 radical (unpaired) electrons. The molecule has 0 aliphatic heterocycles. The Morgan fingerprint density at radius 2 is 1.67 bits per heavy atom. The number of quaternary nitrogens is 1. The second kappa shape index (κ2) is 6.34. The molecule has 2 aromatic rings. The van der Waals surface area contributed by atoms with Gasteiger partial charge < -0.3 is 9.59 Å². The van der Waals surface area contributed by atoms with E-state index in [-0.39, 0.29) is 12.0 Å². The summed E-state index contributed by atoms with van der Waals surface area (Å²) in [6.07, 6.45) is 2.82. The zero-order chi connectivity index (χ0) is 17.4. The summed E-state index contributed by atoms with van der Waals surface area (Å²) in [5.41, 5.74) is 3.01. The largest absolute Gasteiger partial charge is 0.385 e. The molecule has 2 heteroatoms. The van der Waals surface area contributed by atoms with Crippen LogP contribution >= 0.6 is 0 Å². The number of fused-ring (bicyclic) bond motifs is 1.